The summed E-state index contributed by atoms with van der Waals surface area (Å²) >= 11 is 0. The molecular weight excluding hydrogens is 753 g/mol. The Morgan fingerprint density at radius 2 is 0.823 bits per heavy atom. The maximum atomic E-state index is 5.15. The second-order valence-corrected chi connectivity index (χ2v) is 16.3. The highest BCUT2D eigenvalue weighted by Crippen LogP contribution is 2.64. The van der Waals surface area contributed by atoms with E-state index in [-0.39, 0.29) is 0 Å². The van der Waals surface area contributed by atoms with Crippen molar-refractivity contribution in [1.29, 1.82) is 0 Å². The SMILES string of the molecule is c1ccc(-c2cccc(-c3nc(-c4ccccc4)nc(-c4ccc(-n5c6ccccc6c6ccc7c(c65)-c5ccccc5C75c6ccccc6-c6ccccc65)cc4)n3)c2)cc1. The normalized spacial score (nSPS) is 13.0. The van der Waals surface area contributed by atoms with Crippen molar-refractivity contribution in [3.8, 4) is 73.2 Å². The van der Waals surface area contributed by atoms with Crippen LogP contribution in [-0.4, -0.2) is 19.5 Å². The van der Waals surface area contributed by atoms with Crippen LogP contribution in [0.3, 0.4) is 0 Å². The van der Waals surface area contributed by atoms with Gasteiger partial charge in [0.1, 0.15) is 0 Å². The molecule has 2 aliphatic rings. The van der Waals surface area contributed by atoms with Gasteiger partial charge in [-0.15, -0.1) is 0 Å². The van der Waals surface area contributed by atoms with Crippen LogP contribution in [-0.2, 0) is 5.41 Å². The summed E-state index contributed by atoms with van der Waals surface area (Å²) in [7, 11) is 0. The Hall–Kier alpha value is -8.21. The Labute approximate surface area is 359 Å². The number of rotatable bonds is 5. The van der Waals surface area contributed by atoms with Crippen LogP contribution in [0.15, 0.2) is 218 Å². The third kappa shape index (κ3) is 4.92. The molecule has 4 nitrogen and oxygen atoms in total. The third-order valence-electron chi connectivity index (χ3n) is 13.1. The molecule has 0 unspecified atom stereocenters. The van der Waals surface area contributed by atoms with Crippen LogP contribution in [0.1, 0.15) is 22.3 Å². The Bertz CT molecular complexity index is 3520. The Morgan fingerprint density at radius 1 is 0.323 bits per heavy atom. The lowest BCUT2D eigenvalue weighted by atomic mass is 9.70. The number of fused-ring (bicyclic) bond motifs is 14. The van der Waals surface area contributed by atoms with Crippen LogP contribution in [0, 0.1) is 0 Å². The van der Waals surface area contributed by atoms with E-state index in [9.17, 15) is 0 Å². The van der Waals surface area contributed by atoms with Crippen molar-refractivity contribution in [3.63, 3.8) is 0 Å². The molecule has 2 aromatic heterocycles. The molecule has 4 heteroatoms. The summed E-state index contributed by atoms with van der Waals surface area (Å²) in [5, 5.41) is 2.47. The fraction of sp³-hybridized carbons (Fsp3) is 0.0172. The molecule has 0 aliphatic heterocycles. The molecule has 0 amide bonds. The minimum atomic E-state index is -0.425. The zero-order valence-electron chi connectivity index (χ0n) is 33.6. The van der Waals surface area contributed by atoms with E-state index in [4.69, 9.17) is 15.0 Å². The minimum absolute atomic E-state index is 0.425. The number of aromatic nitrogens is 4. The van der Waals surface area contributed by atoms with E-state index in [0.717, 1.165) is 33.5 Å². The van der Waals surface area contributed by atoms with E-state index in [1.54, 1.807) is 0 Å². The number of benzene rings is 9. The first kappa shape index (κ1) is 34.6. The molecule has 288 valence electrons. The summed E-state index contributed by atoms with van der Waals surface area (Å²) in [6, 6.07) is 78.5. The quantitative estimate of drug-likeness (QED) is 0.174. The monoisotopic (exact) mass is 788 g/mol. The highest BCUT2D eigenvalue weighted by atomic mass is 15.0. The van der Waals surface area contributed by atoms with Gasteiger partial charge in [-0.05, 0) is 86.5 Å². The van der Waals surface area contributed by atoms with E-state index in [1.807, 2.05) is 24.3 Å². The lowest BCUT2D eigenvalue weighted by molar-refractivity contribution is 0.794. The first-order valence-electron chi connectivity index (χ1n) is 21.2. The number of hydrogen-bond acceptors (Lipinski definition) is 3. The van der Waals surface area contributed by atoms with Gasteiger partial charge in [0.05, 0.1) is 16.4 Å². The molecule has 0 bridgehead atoms. The first-order chi connectivity index (χ1) is 30.8. The summed E-state index contributed by atoms with van der Waals surface area (Å²) in [5.41, 5.74) is 18.6. The molecule has 0 N–H and O–H groups in total. The molecule has 1 spiro atoms. The molecular formula is C58H36N4. The van der Waals surface area contributed by atoms with E-state index in [0.29, 0.717) is 17.5 Å². The van der Waals surface area contributed by atoms with Crippen LogP contribution >= 0.6 is 0 Å². The molecule has 0 saturated heterocycles. The van der Waals surface area contributed by atoms with Gasteiger partial charge in [-0.25, -0.2) is 15.0 Å². The van der Waals surface area contributed by atoms with Crippen molar-refractivity contribution < 1.29 is 0 Å². The summed E-state index contributed by atoms with van der Waals surface area (Å²) in [5.74, 6) is 1.90. The standard InChI is InChI=1S/C58H36N4/c1-3-16-37(17-4-1)40-20-15-21-41(36-40)57-60-55(38-18-5-2-6-19-38)59-56(61-57)39-30-32-42(33-31-39)62-52-29-14-10-24-45(52)46-34-35-51-53(54(46)62)47-25-9-13-28-50(47)58(51)48-26-11-7-22-43(48)44-23-8-12-27-49(44)58/h1-36H. The molecule has 0 saturated carbocycles. The van der Waals surface area contributed by atoms with E-state index in [1.165, 1.54) is 66.3 Å². The van der Waals surface area contributed by atoms with Crippen molar-refractivity contribution in [2.24, 2.45) is 0 Å². The Morgan fingerprint density at radius 3 is 1.50 bits per heavy atom. The zero-order valence-corrected chi connectivity index (χ0v) is 33.6. The molecule has 0 atom stereocenters. The van der Waals surface area contributed by atoms with Crippen molar-refractivity contribution in [1.82, 2.24) is 19.5 Å². The smallest absolute Gasteiger partial charge is 0.164 e. The first-order valence-corrected chi connectivity index (χ1v) is 21.2. The zero-order chi connectivity index (χ0) is 40.8. The average molecular weight is 789 g/mol. The maximum Gasteiger partial charge on any atom is 0.164 e. The second kappa shape index (κ2) is 13.4. The minimum Gasteiger partial charge on any atom is -0.309 e. The highest BCUT2D eigenvalue weighted by molar-refractivity contribution is 6.16. The second-order valence-electron chi connectivity index (χ2n) is 16.3. The fourth-order valence-corrected chi connectivity index (χ4v) is 10.5. The fourth-order valence-electron chi connectivity index (χ4n) is 10.5. The average Bonchev–Trinajstić information content (AvgIpc) is 3.96. The molecule has 0 radical (unpaired) electrons. The Balaban J connectivity index is 1.01. The van der Waals surface area contributed by atoms with Gasteiger partial charge in [0.15, 0.2) is 17.5 Å². The van der Waals surface area contributed by atoms with Crippen molar-refractivity contribution in [3.05, 3.63) is 241 Å². The van der Waals surface area contributed by atoms with Gasteiger partial charge in [0.2, 0.25) is 0 Å². The van der Waals surface area contributed by atoms with Crippen LogP contribution in [0.4, 0.5) is 0 Å². The highest BCUT2D eigenvalue weighted by Gasteiger charge is 2.52. The van der Waals surface area contributed by atoms with E-state index in [2.05, 4.69) is 199 Å². The third-order valence-corrected chi connectivity index (χ3v) is 13.1. The molecule has 9 aromatic carbocycles. The van der Waals surface area contributed by atoms with E-state index < -0.39 is 5.41 Å². The van der Waals surface area contributed by atoms with Crippen LogP contribution in [0.5, 0.6) is 0 Å². The van der Waals surface area contributed by atoms with Gasteiger partial charge < -0.3 is 4.57 Å². The molecule has 11 aromatic rings. The topological polar surface area (TPSA) is 43.6 Å². The molecule has 2 heterocycles. The van der Waals surface area contributed by atoms with Crippen LogP contribution < -0.4 is 0 Å². The van der Waals surface area contributed by atoms with Crippen molar-refractivity contribution >= 4 is 21.8 Å². The van der Waals surface area contributed by atoms with Crippen LogP contribution in [0.2, 0.25) is 0 Å². The van der Waals surface area contributed by atoms with Gasteiger partial charge in [-0.2, -0.15) is 0 Å². The van der Waals surface area contributed by atoms with E-state index >= 15 is 0 Å². The maximum absolute atomic E-state index is 5.15. The number of hydrogen-bond donors (Lipinski definition) is 0. The lowest BCUT2D eigenvalue weighted by Gasteiger charge is -2.30. The van der Waals surface area contributed by atoms with Crippen molar-refractivity contribution in [2.75, 3.05) is 0 Å². The molecule has 0 fully saturated rings. The molecule has 2 aliphatic carbocycles. The van der Waals surface area contributed by atoms with Crippen molar-refractivity contribution in [2.45, 2.75) is 5.41 Å². The summed E-state index contributed by atoms with van der Waals surface area (Å²) < 4.78 is 2.47. The largest absolute Gasteiger partial charge is 0.309 e. The molecule has 62 heavy (non-hydrogen) atoms. The lowest BCUT2D eigenvalue weighted by Crippen LogP contribution is -2.25. The van der Waals surface area contributed by atoms with Gasteiger partial charge in [0.25, 0.3) is 0 Å². The predicted octanol–water partition coefficient (Wildman–Crippen LogP) is 14.0. The number of para-hydroxylation sites is 1. The summed E-state index contributed by atoms with van der Waals surface area (Å²) in [6.45, 7) is 0. The summed E-state index contributed by atoms with van der Waals surface area (Å²) in [6.07, 6.45) is 0. The van der Waals surface area contributed by atoms with Gasteiger partial charge in [0, 0.05) is 38.7 Å². The van der Waals surface area contributed by atoms with Crippen LogP contribution in [0.25, 0.3) is 95.0 Å². The molecule has 13 rings (SSSR count). The van der Waals surface area contributed by atoms with Gasteiger partial charge >= 0.3 is 0 Å². The van der Waals surface area contributed by atoms with Gasteiger partial charge in [-0.1, -0.05) is 182 Å². The predicted molar refractivity (Wildman–Crippen MR) is 252 cm³/mol. The summed E-state index contributed by atoms with van der Waals surface area (Å²) in [4.78, 5) is 15.3. The van der Waals surface area contributed by atoms with Gasteiger partial charge in [-0.3, -0.25) is 0 Å². The number of nitrogens with zero attached hydrogens (tertiary/aromatic N) is 4. The Kier molecular flexibility index (Phi) is 7.49.